The van der Waals surface area contributed by atoms with E-state index in [0.29, 0.717) is 0 Å². The van der Waals surface area contributed by atoms with Crippen molar-refractivity contribution in [3.63, 3.8) is 0 Å². The summed E-state index contributed by atoms with van der Waals surface area (Å²) in [5, 5.41) is 0. The average Bonchev–Trinajstić information content (AvgIpc) is 2.73. The second-order valence-electron chi connectivity index (χ2n) is 7.61. The largest absolute Gasteiger partial charge is 0.433 e. The number of unbranched alkanes of at least 4 members (excludes halogenated alkanes) is 8. The van der Waals surface area contributed by atoms with Crippen molar-refractivity contribution in [2.75, 3.05) is 0 Å². The molecule has 0 spiro atoms. The minimum atomic E-state index is -1.00. The highest BCUT2D eigenvalue weighted by molar-refractivity contribution is 6.02. The summed E-state index contributed by atoms with van der Waals surface area (Å²) in [6.07, 6.45) is 13.4. The Morgan fingerprint density at radius 1 is 0.833 bits per heavy atom. The monoisotopic (exact) mass is 339 g/mol. The maximum atomic E-state index is 12.5. The molecule has 0 saturated carbocycles. The topological polar surface area (TPSA) is 46.6 Å². The molecule has 0 bridgehead atoms. The van der Waals surface area contributed by atoms with Gasteiger partial charge in [0.1, 0.15) is 0 Å². The molecule has 0 aromatic carbocycles. The minimum absolute atomic E-state index is 0.00929. The van der Waals surface area contributed by atoms with Crippen LogP contribution in [0.4, 0.5) is 4.79 Å². The van der Waals surface area contributed by atoms with Crippen molar-refractivity contribution in [1.82, 2.24) is 4.90 Å². The highest BCUT2D eigenvalue weighted by Crippen LogP contribution is 2.29. The van der Waals surface area contributed by atoms with Crippen molar-refractivity contribution in [1.29, 1.82) is 0 Å². The fraction of sp³-hybridized carbons (Fsp3) is 0.900. The maximum absolute atomic E-state index is 12.5. The average molecular weight is 340 g/mol. The van der Waals surface area contributed by atoms with E-state index in [1.807, 2.05) is 0 Å². The van der Waals surface area contributed by atoms with Crippen LogP contribution in [0.3, 0.4) is 0 Å². The first-order chi connectivity index (χ1) is 11.4. The van der Waals surface area contributed by atoms with Crippen molar-refractivity contribution in [2.24, 2.45) is 0 Å². The van der Waals surface area contributed by atoms with Gasteiger partial charge in [0.25, 0.3) is 5.91 Å². The Hall–Kier alpha value is -1.06. The molecule has 24 heavy (non-hydrogen) atoms. The molecule has 0 aromatic heterocycles. The first kappa shape index (κ1) is 21.0. The van der Waals surface area contributed by atoms with Crippen LogP contribution in [0.15, 0.2) is 0 Å². The van der Waals surface area contributed by atoms with Gasteiger partial charge in [0, 0.05) is 6.04 Å². The van der Waals surface area contributed by atoms with Crippen molar-refractivity contribution in [3.8, 4) is 0 Å². The number of carbonyl (C=O) groups is 2. The lowest BCUT2D eigenvalue weighted by molar-refractivity contribution is -0.136. The van der Waals surface area contributed by atoms with Crippen LogP contribution in [0.25, 0.3) is 0 Å². The van der Waals surface area contributed by atoms with Gasteiger partial charge in [-0.25, -0.2) is 9.69 Å². The lowest BCUT2D eigenvalue weighted by Gasteiger charge is -2.25. The minimum Gasteiger partial charge on any atom is -0.433 e. The predicted octanol–water partition coefficient (Wildman–Crippen LogP) is 5.83. The highest BCUT2D eigenvalue weighted by Gasteiger charge is 2.49. The molecule has 2 amide bonds. The Balaban J connectivity index is 2.56. The van der Waals surface area contributed by atoms with Crippen molar-refractivity contribution in [3.05, 3.63) is 0 Å². The van der Waals surface area contributed by atoms with E-state index < -0.39 is 11.7 Å². The summed E-state index contributed by atoms with van der Waals surface area (Å²) in [5.74, 6) is -0.167. The van der Waals surface area contributed by atoms with Crippen molar-refractivity contribution >= 4 is 12.0 Å². The molecule has 0 radical (unpaired) electrons. The summed E-state index contributed by atoms with van der Waals surface area (Å²) in [6, 6.07) is 0.00929. The molecular formula is C20H37NO3. The van der Waals surface area contributed by atoms with Crippen LogP contribution >= 0.6 is 0 Å². The Morgan fingerprint density at radius 3 is 1.67 bits per heavy atom. The number of carbonyl (C=O) groups excluding carboxylic acids is 2. The van der Waals surface area contributed by atoms with E-state index >= 15 is 0 Å². The van der Waals surface area contributed by atoms with E-state index in [0.717, 1.165) is 25.7 Å². The summed E-state index contributed by atoms with van der Waals surface area (Å²) < 4.78 is 5.28. The molecule has 0 aliphatic carbocycles. The summed E-state index contributed by atoms with van der Waals surface area (Å²) in [4.78, 5) is 26.1. The number of amides is 2. The van der Waals surface area contributed by atoms with Gasteiger partial charge in [-0.15, -0.1) is 0 Å². The molecule has 1 aliphatic rings. The van der Waals surface area contributed by atoms with Gasteiger partial charge in [0.15, 0.2) is 5.60 Å². The third-order valence-corrected chi connectivity index (χ3v) is 4.92. The Morgan fingerprint density at radius 2 is 1.29 bits per heavy atom. The van der Waals surface area contributed by atoms with Gasteiger partial charge < -0.3 is 4.74 Å². The molecule has 140 valence electrons. The Labute approximate surface area is 148 Å². The number of nitrogens with zero attached hydrogens (tertiary/aromatic N) is 1. The fourth-order valence-corrected chi connectivity index (χ4v) is 3.37. The zero-order valence-electron chi connectivity index (χ0n) is 16.2. The summed E-state index contributed by atoms with van der Waals surface area (Å²) in [7, 11) is 0. The molecular weight excluding hydrogens is 302 g/mol. The molecule has 0 aromatic rings. The van der Waals surface area contributed by atoms with Crippen LogP contribution in [0.2, 0.25) is 0 Å². The van der Waals surface area contributed by atoms with Crippen LogP contribution < -0.4 is 0 Å². The second-order valence-corrected chi connectivity index (χ2v) is 7.61. The van der Waals surface area contributed by atoms with Crippen molar-refractivity contribution in [2.45, 2.75) is 116 Å². The lowest BCUT2D eigenvalue weighted by atomic mass is 9.98. The molecule has 4 heteroatoms. The first-order valence-corrected chi connectivity index (χ1v) is 10.0. The van der Waals surface area contributed by atoms with Gasteiger partial charge >= 0.3 is 6.09 Å². The van der Waals surface area contributed by atoms with E-state index in [4.69, 9.17) is 4.74 Å². The van der Waals surface area contributed by atoms with E-state index in [-0.39, 0.29) is 11.9 Å². The third kappa shape index (κ3) is 6.45. The molecule has 0 unspecified atom stereocenters. The zero-order valence-corrected chi connectivity index (χ0v) is 16.2. The van der Waals surface area contributed by atoms with Gasteiger partial charge in [-0.1, -0.05) is 78.1 Å². The standard InChI is InChI=1S/C20H37NO3/c1-5-7-9-11-13-15-17(16-14-12-10-8-6-2)21-18(22)20(3,4)24-19(21)23/h17H,5-16H2,1-4H3. The van der Waals surface area contributed by atoms with E-state index in [2.05, 4.69) is 13.8 Å². The first-order valence-electron chi connectivity index (χ1n) is 10.0. The van der Waals surface area contributed by atoms with Gasteiger partial charge in [0.05, 0.1) is 0 Å². The molecule has 1 aliphatic heterocycles. The van der Waals surface area contributed by atoms with Crippen LogP contribution in [0, 0.1) is 0 Å². The molecule has 1 fully saturated rings. The summed E-state index contributed by atoms with van der Waals surface area (Å²) in [6.45, 7) is 7.79. The van der Waals surface area contributed by atoms with Crippen LogP contribution in [-0.4, -0.2) is 28.5 Å². The van der Waals surface area contributed by atoms with Crippen LogP contribution in [0.1, 0.15) is 105 Å². The van der Waals surface area contributed by atoms with E-state index in [1.165, 1.54) is 56.3 Å². The summed E-state index contributed by atoms with van der Waals surface area (Å²) >= 11 is 0. The SMILES string of the molecule is CCCCCCCC(CCCCCCC)N1C(=O)OC(C)(C)C1=O. The Bertz CT molecular complexity index is 378. The van der Waals surface area contributed by atoms with Gasteiger partial charge in [0.2, 0.25) is 0 Å². The smallest absolute Gasteiger partial charge is 0.417 e. The molecule has 4 nitrogen and oxygen atoms in total. The molecule has 0 N–H and O–H groups in total. The number of imide groups is 1. The van der Waals surface area contributed by atoms with Crippen LogP contribution in [0.5, 0.6) is 0 Å². The predicted molar refractivity (Wildman–Crippen MR) is 97.9 cm³/mol. The second kappa shape index (κ2) is 10.7. The van der Waals surface area contributed by atoms with Crippen molar-refractivity contribution < 1.29 is 14.3 Å². The molecule has 1 heterocycles. The number of hydrogen-bond acceptors (Lipinski definition) is 3. The quantitative estimate of drug-likeness (QED) is 0.396. The molecule has 1 rings (SSSR count). The van der Waals surface area contributed by atoms with E-state index in [1.54, 1.807) is 13.8 Å². The number of rotatable bonds is 13. The van der Waals surface area contributed by atoms with Gasteiger partial charge in [-0.3, -0.25) is 4.79 Å². The van der Waals surface area contributed by atoms with Gasteiger partial charge in [-0.05, 0) is 26.7 Å². The fourth-order valence-electron chi connectivity index (χ4n) is 3.37. The Kier molecular flexibility index (Phi) is 9.38. The van der Waals surface area contributed by atoms with E-state index in [9.17, 15) is 9.59 Å². The normalized spacial score (nSPS) is 17.0. The molecule has 0 atom stereocenters. The number of hydrogen-bond donors (Lipinski definition) is 0. The maximum Gasteiger partial charge on any atom is 0.417 e. The summed E-state index contributed by atoms with van der Waals surface area (Å²) in [5.41, 5.74) is -1.00. The number of cyclic esters (lactones) is 1. The lowest BCUT2D eigenvalue weighted by Crippen LogP contribution is -2.43. The molecule has 1 saturated heterocycles. The third-order valence-electron chi connectivity index (χ3n) is 4.92. The van der Waals surface area contributed by atoms with Gasteiger partial charge in [-0.2, -0.15) is 0 Å². The zero-order chi connectivity index (χ0) is 18.0. The van der Waals surface area contributed by atoms with Crippen LogP contribution in [-0.2, 0) is 9.53 Å². The highest BCUT2D eigenvalue weighted by atomic mass is 16.6. The number of ether oxygens (including phenoxy) is 1.